The van der Waals surface area contributed by atoms with E-state index in [0.29, 0.717) is 11.6 Å². The summed E-state index contributed by atoms with van der Waals surface area (Å²) < 4.78 is 22.6. The van der Waals surface area contributed by atoms with Crippen molar-refractivity contribution in [2.75, 3.05) is 19.6 Å². The van der Waals surface area contributed by atoms with E-state index in [9.17, 15) is 13.2 Å². The van der Waals surface area contributed by atoms with Gasteiger partial charge >= 0.3 is 0 Å². The summed E-state index contributed by atoms with van der Waals surface area (Å²) in [4.78, 5) is 14.8. The Hall–Kier alpha value is -1.93. The van der Waals surface area contributed by atoms with Gasteiger partial charge in [-0.3, -0.25) is 9.69 Å². The lowest BCUT2D eigenvalue weighted by atomic mass is 10.1. The van der Waals surface area contributed by atoms with Crippen LogP contribution >= 0.6 is 11.6 Å². The summed E-state index contributed by atoms with van der Waals surface area (Å²) in [5, 5.41) is 8.78. The molecule has 2 aromatic carbocycles. The number of nitrogens with two attached hydrogens (primary N) is 1. The van der Waals surface area contributed by atoms with E-state index in [-0.39, 0.29) is 23.3 Å². The van der Waals surface area contributed by atoms with Gasteiger partial charge in [-0.2, -0.15) is 0 Å². The lowest BCUT2D eigenvalue weighted by molar-refractivity contribution is -0.120. The molecule has 28 heavy (non-hydrogen) atoms. The third-order valence-corrected chi connectivity index (χ3v) is 6.09. The number of nitrogens with zero attached hydrogens (tertiary/aromatic N) is 1. The summed E-state index contributed by atoms with van der Waals surface area (Å²) in [6, 6.07) is 13.9. The largest absolute Gasteiger partial charge is 0.354 e. The van der Waals surface area contributed by atoms with Gasteiger partial charge in [0.25, 0.3) is 0 Å². The minimum Gasteiger partial charge on any atom is -0.354 e. The molecule has 0 saturated carbocycles. The van der Waals surface area contributed by atoms with Gasteiger partial charge in [0, 0.05) is 11.6 Å². The molecule has 6 nitrogen and oxygen atoms in total. The molecule has 0 aromatic heterocycles. The summed E-state index contributed by atoms with van der Waals surface area (Å²) in [5.74, 6) is -0.116. The van der Waals surface area contributed by atoms with Crippen LogP contribution in [-0.2, 0) is 21.2 Å². The van der Waals surface area contributed by atoms with Crippen molar-refractivity contribution in [3.63, 3.8) is 0 Å². The average molecular weight is 422 g/mol. The highest BCUT2D eigenvalue weighted by Gasteiger charge is 2.24. The number of hydrogen-bond donors (Lipinski definition) is 2. The molecule has 3 N–H and O–H groups in total. The van der Waals surface area contributed by atoms with Crippen LogP contribution in [0.1, 0.15) is 30.0 Å². The highest BCUT2D eigenvalue weighted by molar-refractivity contribution is 7.89. The molecule has 150 valence electrons. The van der Waals surface area contributed by atoms with Gasteiger partial charge in [-0.1, -0.05) is 35.9 Å². The summed E-state index contributed by atoms with van der Waals surface area (Å²) >= 11 is 6.15. The van der Waals surface area contributed by atoms with Crippen LogP contribution in [0.15, 0.2) is 53.4 Å². The van der Waals surface area contributed by atoms with E-state index in [1.165, 1.54) is 12.1 Å². The molecule has 1 atom stereocenters. The van der Waals surface area contributed by atoms with E-state index in [1.54, 1.807) is 12.1 Å². The first-order valence-electron chi connectivity index (χ1n) is 9.21. The zero-order chi connectivity index (χ0) is 20.1. The zero-order valence-corrected chi connectivity index (χ0v) is 17.0. The molecule has 1 aliphatic rings. The summed E-state index contributed by atoms with van der Waals surface area (Å²) in [6.07, 6.45) is 2.48. The van der Waals surface area contributed by atoms with Crippen LogP contribution in [-0.4, -0.2) is 38.9 Å². The van der Waals surface area contributed by atoms with Crippen LogP contribution in [0.4, 0.5) is 0 Å². The van der Waals surface area contributed by atoms with Crippen molar-refractivity contribution in [1.82, 2.24) is 10.2 Å². The Morgan fingerprint density at radius 1 is 1.14 bits per heavy atom. The maximum absolute atomic E-state index is 12.4. The maximum atomic E-state index is 12.4. The van der Waals surface area contributed by atoms with Crippen LogP contribution in [0, 0.1) is 0 Å². The highest BCUT2D eigenvalue weighted by Crippen LogP contribution is 2.26. The van der Waals surface area contributed by atoms with Crippen molar-refractivity contribution in [3.05, 3.63) is 64.7 Å². The van der Waals surface area contributed by atoms with Gasteiger partial charge in [0.05, 0.1) is 17.4 Å². The van der Waals surface area contributed by atoms with Gasteiger partial charge in [-0.05, 0) is 61.3 Å². The topological polar surface area (TPSA) is 92.5 Å². The van der Waals surface area contributed by atoms with Crippen LogP contribution < -0.4 is 10.5 Å². The number of amides is 1. The zero-order valence-electron chi connectivity index (χ0n) is 15.5. The molecule has 0 aliphatic carbocycles. The molecule has 2 aromatic rings. The van der Waals surface area contributed by atoms with Crippen molar-refractivity contribution in [2.45, 2.75) is 30.2 Å². The lowest BCUT2D eigenvalue weighted by Crippen LogP contribution is -2.37. The van der Waals surface area contributed by atoms with Gasteiger partial charge in [0.1, 0.15) is 0 Å². The van der Waals surface area contributed by atoms with Crippen molar-refractivity contribution in [3.8, 4) is 0 Å². The third kappa shape index (κ3) is 5.54. The van der Waals surface area contributed by atoms with Gasteiger partial charge in [0.2, 0.25) is 15.9 Å². The second-order valence-electron chi connectivity index (χ2n) is 6.98. The van der Waals surface area contributed by atoms with Crippen molar-refractivity contribution >= 4 is 27.5 Å². The number of rotatable bonds is 7. The molecule has 8 heteroatoms. The monoisotopic (exact) mass is 421 g/mol. The van der Waals surface area contributed by atoms with Crippen molar-refractivity contribution in [1.29, 1.82) is 0 Å². The van der Waals surface area contributed by atoms with E-state index in [4.69, 9.17) is 16.7 Å². The standard InChI is InChI=1S/C20H24ClN3O3S/c21-17-5-3-4-16(13-17)19(24-10-1-2-11-24)14-23-20(25)12-15-6-8-18(9-7-15)28(22,26)27/h3-9,13,19H,1-2,10-12,14H2,(H,23,25)(H2,22,26,27). The summed E-state index contributed by atoms with van der Waals surface area (Å²) in [6.45, 7) is 2.50. The molecule has 1 heterocycles. The molecule has 0 spiro atoms. The van der Waals surface area contributed by atoms with Gasteiger partial charge in [0.15, 0.2) is 0 Å². The first kappa shape index (κ1) is 20.8. The Bertz CT molecular complexity index is 926. The van der Waals surface area contributed by atoms with Crippen LogP contribution in [0.5, 0.6) is 0 Å². The van der Waals surface area contributed by atoms with Crippen LogP contribution in [0.25, 0.3) is 0 Å². The van der Waals surface area contributed by atoms with Gasteiger partial charge in [-0.15, -0.1) is 0 Å². The molecule has 0 radical (unpaired) electrons. The fourth-order valence-electron chi connectivity index (χ4n) is 3.48. The van der Waals surface area contributed by atoms with Crippen LogP contribution in [0.3, 0.4) is 0 Å². The third-order valence-electron chi connectivity index (χ3n) is 4.92. The minimum atomic E-state index is -3.73. The molecule has 0 bridgehead atoms. The molecular weight excluding hydrogens is 398 g/mol. The number of halogens is 1. The Morgan fingerprint density at radius 2 is 1.82 bits per heavy atom. The Kier molecular flexibility index (Phi) is 6.72. The SMILES string of the molecule is NS(=O)(=O)c1ccc(CC(=O)NCC(c2cccc(Cl)c2)N2CCCC2)cc1. The number of sulfonamides is 1. The van der Waals surface area contributed by atoms with Crippen LogP contribution in [0.2, 0.25) is 5.02 Å². The quantitative estimate of drug-likeness (QED) is 0.718. The minimum absolute atomic E-state index is 0.0340. The Morgan fingerprint density at radius 3 is 2.43 bits per heavy atom. The first-order chi connectivity index (χ1) is 13.3. The number of primary sulfonamides is 1. The first-order valence-corrected chi connectivity index (χ1v) is 11.1. The predicted octanol–water partition coefficient (Wildman–Crippen LogP) is 2.48. The number of carbonyl (C=O) groups excluding carboxylic acids is 1. The summed E-state index contributed by atoms with van der Waals surface area (Å²) in [7, 11) is -3.73. The van der Waals surface area contributed by atoms with E-state index < -0.39 is 10.0 Å². The normalized spacial score (nSPS) is 16.1. The average Bonchev–Trinajstić information content (AvgIpc) is 3.16. The number of benzene rings is 2. The van der Waals surface area contributed by atoms with E-state index in [1.807, 2.05) is 24.3 Å². The fraction of sp³-hybridized carbons (Fsp3) is 0.350. The number of hydrogen-bond acceptors (Lipinski definition) is 4. The Balaban J connectivity index is 1.63. The number of carbonyl (C=O) groups is 1. The molecule has 1 unspecified atom stereocenters. The van der Waals surface area contributed by atoms with E-state index >= 15 is 0 Å². The fourth-order valence-corrected chi connectivity index (χ4v) is 4.19. The second kappa shape index (κ2) is 9.05. The molecule has 1 amide bonds. The smallest absolute Gasteiger partial charge is 0.238 e. The van der Waals surface area contributed by atoms with Crippen molar-refractivity contribution in [2.24, 2.45) is 5.14 Å². The molecule has 3 rings (SSSR count). The second-order valence-corrected chi connectivity index (χ2v) is 8.98. The molecule has 1 aliphatic heterocycles. The lowest BCUT2D eigenvalue weighted by Gasteiger charge is -2.28. The summed E-state index contributed by atoms with van der Waals surface area (Å²) in [5.41, 5.74) is 1.82. The Labute approximate surface area is 170 Å². The van der Waals surface area contributed by atoms with Gasteiger partial charge < -0.3 is 5.32 Å². The maximum Gasteiger partial charge on any atom is 0.238 e. The van der Waals surface area contributed by atoms with E-state index in [2.05, 4.69) is 10.2 Å². The number of nitrogens with one attached hydrogen (secondary N) is 1. The van der Waals surface area contributed by atoms with Crippen molar-refractivity contribution < 1.29 is 13.2 Å². The molecule has 1 saturated heterocycles. The predicted molar refractivity (Wildman–Crippen MR) is 110 cm³/mol. The molecule has 1 fully saturated rings. The molecular formula is C20H24ClN3O3S. The highest BCUT2D eigenvalue weighted by atomic mass is 35.5. The van der Waals surface area contributed by atoms with Gasteiger partial charge in [-0.25, -0.2) is 13.6 Å². The van der Waals surface area contributed by atoms with E-state index in [0.717, 1.165) is 37.1 Å². The number of likely N-dealkylation sites (tertiary alicyclic amines) is 1.